The van der Waals surface area contributed by atoms with Crippen molar-refractivity contribution in [1.29, 1.82) is 0 Å². The maximum Gasteiger partial charge on any atom is 0.272 e. The average molecular weight is 295 g/mol. The van der Waals surface area contributed by atoms with Gasteiger partial charge in [-0.1, -0.05) is 12.8 Å². The van der Waals surface area contributed by atoms with Gasteiger partial charge in [-0.05, 0) is 24.8 Å². The molecule has 1 aromatic carbocycles. The van der Waals surface area contributed by atoms with Gasteiger partial charge in [0.2, 0.25) is 0 Å². The molecule has 1 amide bonds. The summed E-state index contributed by atoms with van der Waals surface area (Å²) in [5.41, 5.74) is 5.11. The molecule has 21 heavy (non-hydrogen) atoms. The summed E-state index contributed by atoms with van der Waals surface area (Å²) in [5.74, 6) is -1.16. The number of nitro groups is 1. The molecule has 6 nitrogen and oxygen atoms in total. The van der Waals surface area contributed by atoms with Crippen LogP contribution in [-0.4, -0.2) is 23.4 Å². The predicted octanol–water partition coefficient (Wildman–Crippen LogP) is 1.98. The topological polar surface area (TPSA) is 98.3 Å². The van der Waals surface area contributed by atoms with E-state index in [2.05, 4.69) is 5.32 Å². The summed E-state index contributed by atoms with van der Waals surface area (Å²) in [4.78, 5) is 21.9. The van der Waals surface area contributed by atoms with Crippen molar-refractivity contribution in [1.82, 2.24) is 5.32 Å². The second-order valence-corrected chi connectivity index (χ2v) is 5.28. The zero-order chi connectivity index (χ0) is 15.4. The van der Waals surface area contributed by atoms with E-state index in [1.807, 2.05) is 0 Å². The first-order valence-corrected chi connectivity index (χ1v) is 6.97. The largest absolute Gasteiger partial charge is 0.348 e. The molecule has 3 N–H and O–H groups in total. The van der Waals surface area contributed by atoms with Gasteiger partial charge in [0.15, 0.2) is 0 Å². The number of carbonyl (C=O) groups is 1. The molecule has 114 valence electrons. The minimum Gasteiger partial charge on any atom is -0.348 e. The highest BCUT2D eigenvalue weighted by Gasteiger charge is 2.26. The predicted molar refractivity (Wildman–Crippen MR) is 75.3 cm³/mol. The number of non-ortho nitro benzene ring substituents is 1. The molecular formula is C14H18FN3O3. The van der Waals surface area contributed by atoms with Crippen molar-refractivity contribution in [3.05, 3.63) is 39.7 Å². The van der Waals surface area contributed by atoms with Crippen molar-refractivity contribution in [2.75, 3.05) is 6.54 Å². The number of nitrogens with two attached hydrogens (primary N) is 1. The Kier molecular flexibility index (Phi) is 4.85. The number of hydrogen-bond donors (Lipinski definition) is 2. The fourth-order valence-corrected chi connectivity index (χ4v) is 2.78. The molecular weight excluding hydrogens is 277 g/mol. The number of nitro benzene ring substituents is 1. The highest BCUT2D eigenvalue weighted by Crippen LogP contribution is 2.27. The number of nitrogens with one attached hydrogen (secondary N) is 1. The van der Waals surface area contributed by atoms with E-state index in [9.17, 15) is 19.3 Å². The van der Waals surface area contributed by atoms with Crippen LogP contribution in [0.25, 0.3) is 0 Å². The summed E-state index contributed by atoms with van der Waals surface area (Å²) in [6.45, 7) is 0.297. The summed E-state index contributed by atoms with van der Waals surface area (Å²) >= 11 is 0. The smallest absolute Gasteiger partial charge is 0.272 e. The molecule has 1 unspecified atom stereocenters. The molecule has 1 saturated carbocycles. The molecule has 0 aromatic heterocycles. The first-order valence-electron chi connectivity index (χ1n) is 6.97. The van der Waals surface area contributed by atoms with E-state index >= 15 is 0 Å². The van der Waals surface area contributed by atoms with Gasteiger partial charge in [0.1, 0.15) is 5.82 Å². The number of nitrogens with zero attached hydrogens (tertiary/aromatic N) is 1. The molecule has 0 saturated heterocycles. The van der Waals surface area contributed by atoms with Gasteiger partial charge in [0.25, 0.3) is 11.6 Å². The Bertz CT molecular complexity index is 544. The van der Waals surface area contributed by atoms with Crippen LogP contribution in [0.3, 0.4) is 0 Å². The molecule has 1 aliphatic carbocycles. The molecule has 1 fully saturated rings. The maximum atomic E-state index is 13.8. The van der Waals surface area contributed by atoms with Crippen LogP contribution in [-0.2, 0) is 0 Å². The number of hydrogen-bond acceptors (Lipinski definition) is 4. The molecule has 0 heterocycles. The Morgan fingerprint density at radius 3 is 2.67 bits per heavy atom. The van der Waals surface area contributed by atoms with E-state index in [0.717, 1.165) is 43.9 Å². The molecule has 2 rings (SSSR count). The van der Waals surface area contributed by atoms with E-state index in [1.54, 1.807) is 0 Å². The Morgan fingerprint density at radius 2 is 2.14 bits per heavy atom. The molecule has 0 aliphatic heterocycles. The van der Waals surface area contributed by atoms with E-state index < -0.39 is 16.6 Å². The zero-order valence-corrected chi connectivity index (χ0v) is 11.5. The second-order valence-electron chi connectivity index (χ2n) is 5.28. The van der Waals surface area contributed by atoms with Gasteiger partial charge >= 0.3 is 0 Å². The molecule has 0 spiro atoms. The van der Waals surface area contributed by atoms with Crippen LogP contribution in [0.1, 0.15) is 36.0 Å². The normalized spacial score (nSPS) is 16.7. The van der Waals surface area contributed by atoms with Crippen LogP contribution in [0.2, 0.25) is 0 Å². The average Bonchev–Trinajstić information content (AvgIpc) is 2.98. The van der Waals surface area contributed by atoms with Gasteiger partial charge in [0.05, 0.1) is 16.6 Å². The second kappa shape index (κ2) is 6.62. The first kappa shape index (κ1) is 15.4. The lowest BCUT2D eigenvalue weighted by atomic mass is 9.98. The summed E-state index contributed by atoms with van der Waals surface area (Å²) < 4.78 is 13.8. The lowest BCUT2D eigenvalue weighted by Gasteiger charge is -2.23. The number of rotatable bonds is 5. The van der Waals surface area contributed by atoms with Gasteiger partial charge in [-0.3, -0.25) is 14.9 Å². The number of benzene rings is 1. The molecule has 1 aromatic rings. The Hall–Kier alpha value is -2.02. The lowest BCUT2D eigenvalue weighted by Crippen LogP contribution is -2.44. The van der Waals surface area contributed by atoms with Crippen molar-refractivity contribution in [3.63, 3.8) is 0 Å². The zero-order valence-electron chi connectivity index (χ0n) is 11.5. The molecule has 0 bridgehead atoms. The fourth-order valence-electron chi connectivity index (χ4n) is 2.78. The van der Waals surface area contributed by atoms with Crippen LogP contribution in [0.15, 0.2) is 18.2 Å². The Morgan fingerprint density at radius 1 is 1.48 bits per heavy atom. The van der Waals surface area contributed by atoms with Crippen molar-refractivity contribution < 1.29 is 14.1 Å². The molecule has 7 heteroatoms. The van der Waals surface area contributed by atoms with Gasteiger partial charge in [-0.2, -0.15) is 0 Å². The molecule has 1 aliphatic rings. The van der Waals surface area contributed by atoms with Crippen molar-refractivity contribution >= 4 is 11.6 Å². The third kappa shape index (κ3) is 3.55. The molecule has 0 radical (unpaired) electrons. The number of amides is 1. The van der Waals surface area contributed by atoms with E-state index in [1.165, 1.54) is 0 Å². The maximum absolute atomic E-state index is 13.8. The van der Waals surface area contributed by atoms with Crippen LogP contribution in [0, 0.1) is 21.8 Å². The van der Waals surface area contributed by atoms with Crippen LogP contribution < -0.4 is 11.1 Å². The SMILES string of the molecule is NCC(NC(=O)c1ccc([N+](=O)[O-])cc1F)C1CCCC1. The summed E-state index contributed by atoms with van der Waals surface area (Å²) in [5, 5.41) is 13.3. The van der Waals surface area contributed by atoms with Gasteiger partial charge in [-0.15, -0.1) is 0 Å². The van der Waals surface area contributed by atoms with Crippen LogP contribution in [0.5, 0.6) is 0 Å². The monoisotopic (exact) mass is 295 g/mol. The summed E-state index contributed by atoms with van der Waals surface area (Å²) in [7, 11) is 0. The van der Waals surface area contributed by atoms with E-state index in [-0.39, 0.29) is 17.3 Å². The molecule has 1 atom stereocenters. The third-order valence-electron chi connectivity index (χ3n) is 3.95. The lowest BCUT2D eigenvalue weighted by molar-refractivity contribution is -0.385. The first-order chi connectivity index (χ1) is 10.0. The minimum absolute atomic E-state index is 0.186. The van der Waals surface area contributed by atoms with E-state index in [0.29, 0.717) is 12.5 Å². The fraction of sp³-hybridized carbons (Fsp3) is 0.500. The van der Waals surface area contributed by atoms with E-state index in [4.69, 9.17) is 5.73 Å². The Labute approximate surface area is 121 Å². The van der Waals surface area contributed by atoms with Crippen molar-refractivity contribution in [2.45, 2.75) is 31.7 Å². The summed E-state index contributed by atoms with van der Waals surface area (Å²) in [6.07, 6.45) is 4.24. The van der Waals surface area contributed by atoms with Gasteiger partial charge in [0, 0.05) is 18.7 Å². The van der Waals surface area contributed by atoms with Crippen molar-refractivity contribution in [2.24, 2.45) is 11.7 Å². The van der Waals surface area contributed by atoms with Gasteiger partial charge < -0.3 is 11.1 Å². The van der Waals surface area contributed by atoms with Crippen molar-refractivity contribution in [3.8, 4) is 0 Å². The standard InChI is InChI=1S/C14H18FN3O3/c15-12-7-10(18(20)21)5-6-11(12)14(19)17-13(8-16)9-3-1-2-4-9/h5-7,9,13H,1-4,8,16H2,(H,17,19). The van der Waals surface area contributed by atoms with Gasteiger partial charge in [-0.25, -0.2) is 4.39 Å². The number of halogens is 1. The van der Waals surface area contributed by atoms with Crippen LogP contribution in [0.4, 0.5) is 10.1 Å². The quantitative estimate of drug-likeness (QED) is 0.641. The van der Waals surface area contributed by atoms with Crippen LogP contribution >= 0.6 is 0 Å². The highest BCUT2D eigenvalue weighted by molar-refractivity contribution is 5.94. The highest BCUT2D eigenvalue weighted by atomic mass is 19.1. The third-order valence-corrected chi connectivity index (χ3v) is 3.95. The number of carbonyl (C=O) groups excluding carboxylic acids is 1. The Balaban J connectivity index is 2.10. The minimum atomic E-state index is -0.899. The summed E-state index contributed by atoms with van der Waals surface area (Å²) in [6, 6.07) is 2.81.